The van der Waals surface area contributed by atoms with Crippen molar-refractivity contribution in [2.24, 2.45) is 11.8 Å². The Hall–Kier alpha value is -1.35. The highest BCUT2D eigenvalue weighted by atomic mass is 35.5. The Bertz CT molecular complexity index is 1010. The van der Waals surface area contributed by atoms with Crippen LogP contribution in [0, 0.1) is 11.8 Å². The number of thioether (sulfide) groups is 1. The number of thiocarbonyl (C=S) groups is 1. The molecule has 42 heavy (non-hydrogen) atoms. The first-order valence-electron chi connectivity index (χ1n) is 16.0. The molecule has 1 aliphatic carbocycles. The van der Waals surface area contributed by atoms with E-state index in [0.29, 0.717) is 18.2 Å². The van der Waals surface area contributed by atoms with Crippen molar-refractivity contribution in [3.8, 4) is 0 Å². The molecule has 0 unspecified atom stereocenters. The normalized spacial score (nSPS) is 22.4. The van der Waals surface area contributed by atoms with Crippen molar-refractivity contribution in [3.63, 3.8) is 0 Å². The lowest BCUT2D eigenvalue weighted by Crippen LogP contribution is -2.57. The van der Waals surface area contributed by atoms with E-state index in [1.807, 2.05) is 4.90 Å². The molecule has 2 atom stereocenters. The molecule has 4 rings (SSSR count). The summed E-state index contributed by atoms with van der Waals surface area (Å²) in [5.74, 6) is 1.61. The first-order chi connectivity index (χ1) is 19.6. The maximum Gasteiger partial charge on any atom is 0.244 e. The van der Waals surface area contributed by atoms with Crippen molar-refractivity contribution in [2.45, 2.75) is 121 Å². The topological polar surface area (TPSA) is 64.7 Å². The van der Waals surface area contributed by atoms with Gasteiger partial charge >= 0.3 is 0 Å². The van der Waals surface area contributed by atoms with E-state index in [9.17, 15) is 9.59 Å². The SMILES string of the molecule is CC(C)CC(=O)N1[C@H](C(=O)N[C@H](CCC2CCCCC2)C(=S)NC2CCN(Cc3ccccc3)CC2)CSC1(C)C.Cl. The summed E-state index contributed by atoms with van der Waals surface area (Å²) < 4.78 is 0. The van der Waals surface area contributed by atoms with Crippen LogP contribution in [0.2, 0.25) is 0 Å². The van der Waals surface area contributed by atoms with Crippen LogP contribution in [0.4, 0.5) is 0 Å². The molecule has 0 spiro atoms. The molecule has 0 aromatic heterocycles. The van der Waals surface area contributed by atoms with Gasteiger partial charge in [0.25, 0.3) is 0 Å². The Morgan fingerprint density at radius 3 is 2.36 bits per heavy atom. The van der Waals surface area contributed by atoms with Gasteiger partial charge in [0.15, 0.2) is 0 Å². The third kappa shape index (κ3) is 10.1. The molecule has 3 fully saturated rings. The highest BCUT2D eigenvalue weighted by molar-refractivity contribution is 8.00. The lowest BCUT2D eigenvalue weighted by Gasteiger charge is -2.36. The zero-order valence-electron chi connectivity index (χ0n) is 26.1. The van der Waals surface area contributed by atoms with Crippen molar-refractivity contribution in [1.82, 2.24) is 20.4 Å². The largest absolute Gasteiger partial charge is 0.375 e. The summed E-state index contributed by atoms with van der Waals surface area (Å²) in [6.07, 6.45) is 11.0. The van der Waals surface area contributed by atoms with Crippen molar-refractivity contribution in [1.29, 1.82) is 0 Å². The second-order valence-electron chi connectivity index (χ2n) is 13.3. The van der Waals surface area contributed by atoms with E-state index in [0.717, 1.165) is 56.2 Å². The Kier molecular flexibility index (Phi) is 13.9. The van der Waals surface area contributed by atoms with E-state index in [1.54, 1.807) is 11.8 Å². The Morgan fingerprint density at radius 2 is 1.71 bits per heavy atom. The highest BCUT2D eigenvalue weighted by Crippen LogP contribution is 2.40. The van der Waals surface area contributed by atoms with Crippen LogP contribution in [0.25, 0.3) is 0 Å². The Morgan fingerprint density at radius 1 is 1.05 bits per heavy atom. The van der Waals surface area contributed by atoms with Crippen LogP contribution in [-0.2, 0) is 16.1 Å². The maximum absolute atomic E-state index is 13.8. The van der Waals surface area contributed by atoms with Gasteiger partial charge in [-0.15, -0.1) is 24.2 Å². The minimum atomic E-state index is -0.456. The third-order valence-electron chi connectivity index (χ3n) is 9.04. The van der Waals surface area contributed by atoms with Gasteiger partial charge < -0.3 is 15.5 Å². The molecular weight excluding hydrogens is 584 g/mol. The van der Waals surface area contributed by atoms with E-state index < -0.39 is 10.9 Å². The number of hydrogen-bond donors (Lipinski definition) is 2. The Labute approximate surface area is 270 Å². The molecule has 2 saturated heterocycles. The number of carbonyl (C=O) groups is 2. The molecule has 6 nitrogen and oxygen atoms in total. The molecule has 2 aliphatic heterocycles. The summed E-state index contributed by atoms with van der Waals surface area (Å²) in [6, 6.07) is 10.3. The van der Waals surface area contributed by atoms with Gasteiger partial charge in [-0.3, -0.25) is 14.5 Å². The molecule has 2 heterocycles. The molecule has 2 N–H and O–H groups in total. The minimum absolute atomic E-state index is 0. The predicted molar refractivity (Wildman–Crippen MR) is 182 cm³/mol. The first kappa shape index (κ1) is 35.1. The number of halogens is 1. The van der Waals surface area contributed by atoms with Gasteiger partial charge in [-0.1, -0.05) is 88.5 Å². The van der Waals surface area contributed by atoms with Gasteiger partial charge in [-0.25, -0.2) is 0 Å². The predicted octanol–water partition coefficient (Wildman–Crippen LogP) is 6.56. The maximum atomic E-state index is 13.8. The lowest BCUT2D eigenvalue weighted by molar-refractivity contribution is -0.142. The monoisotopic (exact) mass is 636 g/mol. The molecule has 3 aliphatic rings. The van der Waals surface area contributed by atoms with Crippen LogP contribution in [0.3, 0.4) is 0 Å². The molecule has 2 amide bonds. The summed E-state index contributed by atoms with van der Waals surface area (Å²) in [5.41, 5.74) is 1.36. The number of hydrogen-bond acceptors (Lipinski definition) is 5. The summed E-state index contributed by atoms with van der Waals surface area (Å²) >= 11 is 7.70. The van der Waals surface area contributed by atoms with Crippen LogP contribution >= 0.6 is 36.4 Å². The fraction of sp³-hybridized carbons (Fsp3) is 0.727. The molecule has 236 valence electrons. The van der Waals surface area contributed by atoms with E-state index >= 15 is 0 Å². The fourth-order valence-corrected chi connectivity index (χ4v) is 8.29. The minimum Gasteiger partial charge on any atom is -0.375 e. The van der Waals surface area contributed by atoms with Crippen LogP contribution < -0.4 is 10.6 Å². The number of piperidine rings is 1. The second kappa shape index (κ2) is 16.6. The quantitative estimate of drug-likeness (QED) is 0.268. The van der Waals surface area contributed by atoms with E-state index in [4.69, 9.17) is 12.2 Å². The summed E-state index contributed by atoms with van der Waals surface area (Å²) in [5, 5.41) is 7.01. The van der Waals surface area contributed by atoms with Gasteiger partial charge in [-0.2, -0.15) is 0 Å². The van der Waals surface area contributed by atoms with Crippen molar-refractivity contribution >= 4 is 53.2 Å². The third-order valence-corrected chi connectivity index (χ3v) is 10.8. The summed E-state index contributed by atoms with van der Waals surface area (Å²) in [7, 11) is 0. The standard InChI is InChI=1S/C33H52N4O2S2.ClH/c1-24(2)21-30(38)37-29(23-41-33(37,3)4)31(39)35-28(16-15-25-11-7-5-8-12-25)32(40)34-27-17-19-36(20-18-27)22-26-13-9-6-10-14-26;/h6,9-10,13-14,24-25,27-29H,5,7-8,11-12,15-23H2,1-4H3,(H,34,40)(H,35,39);1H/t28-,29+;/m1./s1. The molecule has 9 heteroatoms. The van der Waals surface area contributed by atoms with Gasteiger partial charge in [0, 0.05) is 37.8 Å². The van der Waals surface area contributed by atoms with Crippen molar-refractivity contribution in [3.05, 3.63) is 35.9 Å². The molecule has 1 aromatic rings. The smallest absolute Gasteiger partial charge is 0.244 e. The van der Waals surface area contributed by atoms with Crippen molar-refractivity contribution < 1.29 is 9.59 Å². The molecular formula is C33H53ClN4O2S2. The van der Waals surface area contributed by atoms with Crippen LogP contribution in [-0.4, -0.2) is 68.4 Å². The number of benzene rings is 1. The number of carbonyl (C=O) groups excluding carboxylic acids is 2. The zero-order valence-corrected chi connectivity index (χ0v) is 28.6. The average Bonchev–Trinajstić information content (AvgIpc) is 3.27. The van der Waals surface area contributed by atoms with E-state index in [-0.39, 0.29) is 36.2 Å². The fourth-order valence-electron chi connectivity index (χ4n) is 6.71. The molecule has 0 bridgehead atoms. The number of nitrogens with zero attached hydrogens (tertiary/aromatic N) is 2. The summed E-state index contributed by atoms with van der Waals surface area (Å²) in [6.45, 7) is 11.3. The number of likely N-dealkylation sites (tertiary alicyclic amines) is 1. The lowest BCUT2D eigenvalue weighted by atomic mass is 9.85. The highest BCUT2D eigenvalue weighted by Gasteiger charge is 2.46. The number of rotatable bonds is 11. The van der Waals surface area contributed by atoms with E-state index in [1.165, 1.54) is 37.7 Å². The van der Waals surface area contributed by atoms with Gasteiger partial charge in [0.05, 0.1) is 15.9 Å². The zero-order chi connectivity index (χ0) is 29.4. The first-order valence-corrected chi connectivity index (χ1v) is 17.3. The molecule has 1 aromatic carbocycles. The number of nitrogens with one attached hydrogen (secondary N) is 2. The summed E-state index contributed by atoms with van der Waals surface area (Å²) in [4.78, 5) is 31.8. The second-order valence-corrected chi connectivity index (χ2v) is 15.4. The molecule has 1 saturated carbocycles. The number of amides is 2. The van der Waals surface area contributed by atoms with E-state index in [2.05, 4.69) is 73.6 Å². The van der Waals surface area contributed by atoms with Crippen LogP contribution in [0.15, 0.2) is 30.3 Å². The average molecular weight is 637 g/mol. The molecule has 0 radical (unpaired) electrons. The van der Waals surface area contributed by atoms with Crippen LogP contribution in [0.1, 0.15) is 97.5 Å². The van der Waals surface area contributed by atoms with Gasteiger partial charge in [0.2, 0.25) is 11.8 Å². The van der Waals surface area contributed by atoms with Crippen molar-refractivity contribution in [2.75, 3.05) is 18.8 Å². The Balaban J connectivity index is 0.00000484. The van der Waals surface area contributed by atoms with Crippen LogP contribution in [0.5, 0.6) is 0 Å². The van der Waals surface area contributed by atoms with Gasteiger partial charge in [0.1, 0.15) is 6.04 Å². The van der Waals surface area contributed by atoms with Gasteiger partial charge in [-0.05, 0) is 56.9 Å².